The molecule has 0 spiro atoms. The van der Waals surface area contributed by atoms with E-state index in [2.05, 4.69) is 54.5 Å². The molecule has 6 rings (SSSR count). The molecule has 0 aromatic heterocycles. The number of aliphatic hydroxyl groups is 2. The van der Waals surface area contributed by atoms with Gasteiger partial charge in [-0.25, -0.2) is 0 Å². The molecule has 14 atom stereocenters. The van der Waals surface area contributed by atoms with E-state index in [0.717, 1.165) is 51.4 Å². The number of rotatable bonds is 7. The molecular weight excluding hydrogens is 704 g/mol. The van der Waals surface area contributed by atoms with E-state index in [1.807, 2.05) is 0 Å². The number of carbonyl (C=O) groups excluding carboxylic acids is 4. The highest BCUT2D eigenvalue weighted by Crippen LogP contribution is 2.76. The lowest BCUT2D eigenvalue weighted by Crippen LogP contribution is -2.69. The van der Waals surface area contributed by atoms with Gasteiger partial charge in [0.25, 0.3) is 0 Å². The van der Waals surface area contributed by atoms with Crippen molar-refractivity contribution in [3.05, 3.63) is 11.6 Å². The molecular formula is C44H68O11. The summed E-state index contributed by atoms with van der Waals surface area (Å²) < 4.78 is 29.3. The maximum atomic E-state index is 13.1. The van der Waals surface area contributed by atoms with Crippen LogP contribution in [0.2, 0.25) is 0 Å². The van der Waals surface area contributed by atoms with E-state index in [9.17, 15) is 29.4 Å². The van der Waals surface area contributed by atoms with Crippen LogP contribution >= 0.6 is 0 Å². The zero-order valence-corrected chi connectivity index (χ0v) is 35.2. The molecule has 5 aliphatic carbocycles. The van der Waals surface area contributed by atoms with Crippen LogP contribution in [-0.2, 0) is 42.9 Å². The van der Waals surface area contributed by atoms with Crippen LogP contribution in [0.15, 0.2) is 11.6 Å². The predicted molar refractivity (Wildman–Crippen MR) is 203 cm³/mol. The highest BCUT2D eigenvalue weighted by Gasteiger charge is 2.70. The Morgan fingerprint density at radius 2 is 1.36 bits per heavy atom. The van der Waals surface area contributed by atoms with Gasteiger partial charge in [0.1, 0.15) is 18.8 Å². The molecule has 0 aromatic rings. The number of hydrogen-bond acceptors (Lipinski definition) is 11. The van der Waals surface area contributed by atoms with Gasteiger partial charge in [-0.15, -0.1) is 0 Å². The molecule has 1 aliphatic heterocycles. The van der Waals surface area contributed by atoms with Crippen molar-refractivity contribution in [1.29, 1.82) is 0 Å². The third-order valence-electron chi connectivity index (χ3n) is 16.6. The third kappa shape index (κ3) is 6.87. The zero-order chi connectivity index (χ0) is 40.7. The van der Waals surface area contributed by atoms with Crippen molar-refractivity contribution in [3.63, 3.8) is 0 Å². The average molecular weight is 773 g/mol. The minimum absolute atomic E-state index is 0.000822. The molecule has 0 bridgehead atoms. The summed E-state index contributed by atoms with van der Waals surface area (Å²) >= 11 is 0. The van der Waals surface area contributed by atoms with E-state index in [0.29, 0.717) is 24.7 Å². The minimum atomic E-state index is -1.33. The number of ether oxygens (including phenoxy) is 5. The van der Waals surface area contributed by atoms with Gasteiger partial charge < -0.3 is 33.9 Å². The molecule has 1 heterocycles. The molecule has 310 valence electrons. The maximum absolute atomic E-state index is 13.1. The summed E-state index contributed by atoms with van der Waals surface area (Å²) in [5, 5.41) is 24.2. The Bertz CT molecular complexity index is 1570. The van der Waals surface area contributed by atoms with Crippen molar-refractivity contribution in [2.45, 2.75) is 183 Å². The highest BCUT2D eigenvalue weighted by atomic mass is 16.7. The molecule has 0 radical (unpaired) electrons. The maximum Gasteiger partial charge on any atom is 0.303 e. The number of aliphatic hydroxyl groups excluding tert-OH is 2. The van der Waals surface area contributed by atoms with Crippen LogP contribution in [0, 0.1) is 50.2 Å². The fourth-order valence-electron chi connectivity index (χ4n) is 13.6. The lowest BCUT2D eigenvalue weighted by atomic mass is 9.33. The van der Waals surface area contributed by atoms with Gasteiger partial charge in [-0.1, -0.05) is 60.1 Å². The summed E-state index contributed by atoms with van der Waals surface area (Å²) in [6.45, 7) is 21.2. The molecule has 55 heavy (non-hydrogen) atoms. The Balaban J connectivity index is 1.43. The summed E-state index contributed by atoms with van der Waals surface area (Å²) in [5.41, 5.74) is 0.552. The second kappa shape index (κ2) is 14.4. The summed E-state index contributed by atoms with van der Waals surface area (Å²) in [6.07, 6.45) is 3.77. The Labute approximate surface area is 328 Å². The van der Waals surface area contributed by atoms with Crippen LogP contribution in [0.4, 0.5) is 0 Å². The molecule has 0 amide bonds. The smallest absolute Gasteiger partial charge is 0.303 e. The van der Waals surface area contributed by atoms with Gasteiger partial charge in [0.15, 0.2) is 18.3 Å². The highest BCUT2D eigenvalue weighted by molar-refractivity contribution is 5.69. The van der Waals surface area contributed by atoms with Gasteiger partial charge in [-0.2, -0.15) is 0 Å². The summed E-state index contributed by atoms with van der Waals surface area (Å²) in [6, 6.07) is 0. The molecule has 6 aliphatic rings. The number of fused-ring (bicyclic) bond motifs is 7. The summed E-state index contributed by atoms with van der Waals surface area (Å²) in [4.78, 5) is 49.8. The number of carbonyl (C=O) groups is 4. The lowest BCUT2D eigenvalue weighted by molar-refractivity contribution is -0.282. The van der Waals surface area contributed by atoms with Crippen molar-refractivity contribution < 1.29 is 53.1 Å². The Morgan fingerprint density at radius 1 is 0.764 bits per heavy atom. The molecule has 11 nitrogen and oxygen atoms in total. The first-order valence-electron chi connectivity index (χ1n) is 20.8. The topological polar surface area (TPSA) is 155 Å². The monoisotopic (exact) mass is 772 g/mol. The number of hydrogen-bond donors (Lipinski definition) is 2. The van der Waals surface area contributed by atoms with Gasteiger partial charge in [-0.05, 0) is 109 Å². The molecule has 0 aromatic carbocycles. The van der Waals surface area contributed by atoms with E-state index in [-0.39, 0.29) is 45.7 Å². The quantitative estimate of drug-likeness (QED) is 0.163. The van der Waals surface area contributed by atoms with Crippen LogP contribution in [0.1, 0.15) is 140 Å². The molecule has 1 saturated heterocycles. The average Bonchev–Trinajstić information content (AvgIpc) is 3.06. The van der Waals surface area contributed by atoms with Crippen molar-refractivity contribution in [3.8, 4) is 0 Å². The van der Waals surface area contributed by atoms with Crippen molar-refractivity contribution in [1.82, 2.24) is 0 Å². The zero-order valence-electron chi connectivity index (χ0n) is 35.2. The molecule has 5 unspecified atom stereocenters. The summed E-state index contributed by atoms with van der Waals surface area (Å²) in [5.74, 6) is -1.77. The van der Waals surface area contributed by atoms with Crippen LogP contribution in [0.5, 0.6) is 0 Å². The standard InChI is InChI=1S/C44H68O11/c1-24(45)51-23-30-34(52-25(2)46)35(53-26(3)47)36(54-27(4)48)37(55-30)38(50)44-20-18-39(5,6)22-29(44)28-12-13-32-41(9)16-15-33(49)40(7,8)31(41)14-17-43(32,11)42(28,10)19-21-44/h12,29-38,49-50H,13-23H2,1-11H3/t29?,30?,31?,32?,33-,34+,35-,36?,37-,38+,41-,42+,43+,44-/m0/s1. The number of esters is 4. The Morgan fingerprint density at radius 3 is 1.98 bits per heavy atom. The van der Waals surface area contributed by atoms with E-state index >= 15 is 0 Å². The third-order valence-corrected chi connectivity index (χ3v) is 16.6. The summed E-state index contributed by atoms with van der Waals surface area (Å²) in [7, 11) is 0. The first-order valence-corrected chi connectivity index (χ1v) is 20.8. The van der Waals surface area contributed by atoms with E-state index in [1.165, 1.54) is 33.3 Å². The first kappa shape index (κ1) is 42.1. The van der Waals surface area contributed by atoms with E-state index in [4.69, 9.17) is 23.7 Å². The fourth-order valence-corrected chi connectivity index (χ4v) is 13.6. The van der Waals surface area contributed by atoms with E-state index < -0.39 is 65.9 Å². The van der Waals surface area contributed by atoms with Gasteiger partial charge in [0.2, 0.25) is 0 Å². The molecule has 2 N–H and O–H groups in total. The largest absolute Gasteiger partial charge is 0.463 e. The molecule has 5 fully saturated rings. The van der Waals surface area contributed by atoms with Gasteiger partial charge in [0.05, 0.1) is 12.2 Å². The van der Waals surface area contributed by atoms with Crippen molar-refractivity contribution in [2.24, 2.45) is 50.2 Å². The van der Waals surface area contributed by atoms with Gasteiger partial charge in [-0.3, -0.25) is 19.2 Å². The van der Waals surface area contributed by atoms with Gasteiger partial charge in [0, 0.05) is 33.1 Å². The second-order valence-electron chi connectivity index (χ2n) is 20.4. The van der Waals surface area contributed by atoms with Crippen LogP contribution < -0.4 is 0 Å². The SMILES string of the molecule is CC(=O)OCC1O[C@H]([C@@H](O)[C@]23CCC(C)(C)CC2C2=CCC4[C@@]5(C)CC[C@H](O)C(C)(C)C5CC[C@@]4(C)[C@]2(C)CC3)C(OC(C)=O)[C@@H](OC(C)=O)[C@@H]1OC(C)=O. The van der Waals surface area contributed by atoms with Crippen molar-refractivity contribution in [2.75, 3.05) is 6.61 Å². The lowest BCUT2D eigenvalue weighted by Gasteiger charge is -2.72. The van der Waals surface area contributed by atoms with Crippen molar-refractivity contribution >= 4 is 23.9 Å². The Kier molecular flexibility index (Phi) is 11.0. The van der Waals surface area contributed by atoms with Crippen LogP contribution in [0.3, 0.4) is 0 Å². The molecule has 4 saturated carbocycles. The van der Waals surface area contributed by atoms with Gasteiger partial charge >= 0.3 is 23.9 Å². The van der Waals surface area contributed by atoms with E-state index in [1.54, 1.807) is 0 Å². The van der Waals surface area contributed by atoms with Crippen LogP contribution in [0.25, 0.3) is 0 Å². The number of allylic oxidation sites excluding steroid dienone is 2. The minimum Gasteiger partial charge on any atom is -0.463 e. The predicted octanol–water partition coefficient (Wildman–Crippen LogP) is 6.64. The first-order chi connectivity index (χ1) is 25.4. The molecule has 11 heteroatoms. The van der Waals surface area contributed by atoms with Crippen LogP contribution in [-0.4, -0.2) is 83.4 Å². The fraction of sp³-hybridized carbons (Fsp3) is 0.864. The Hall–Kier alpha value is -2.50. The normalized spacial score (nSPS) is 44.8. The second-order valence-corrected chi connectivity index (χ2v) is 20.4.